The minimum Gasteiger partial charge on any atom is -0.493 e. The quantitative estimate of drug-likeness (QED) is 0.788. The summed E-state index contributed by atoms with van der Waals surface area (Å²) in [5.74, 6) is 0.833. The number of ether oxygens (including phenoxy) is 1. The molecule has 0 radical (unpaired) electrons. The number of nitrogens with one attached hydrogen (secondary N) is 1. The molecule has 0 fully saturated rings. The molecule has 1 aliphatic heterocycles. The standard InChI is InChI=1S/C14H22ClN3O/c1-18-7-6-17-13-10-11(9-12(15)14(13)18)19-8-4-2-3-5-16/h9-10,17H,2-8,16H2,1H3. The molecule has 2 rings (SSSR count). The van der Waals surface area contributed by atoms with Crippen molar-refractivity contribution in [2.45, 2.75) is 19.3 Å². The first kappa shape index (κ1) is 14.3. The maximum absolute atomic E-state index is 6.33. The molecule has 19 heavy (non-hydrogen) atoms. The Morgan fingerprint density at radius 1 is 1.37 bits per heavy atom. The summed E-state index contributed by atoms with van der Waals surface area (Å²) >= 11 is 6.33. The van der Waals surface area contributed by atoms with Gasteiger partial charge in [0.25, 0.3) is 0 Å². The Morgan fingerprint density at radius 3 is 3.00 bits per heavy atom. The van der Waals surface area contributed by atoms with Gasteiger partial charge >= 0.3 is 0 Å². The van der Waals surface area contributed by atoms with E-state index in [2.05, 4.69) is 17.3 Å². The normalized spacial score (nSPS) is 13.9. The molecule has 0 atom stereocenters. The zero-order chi connectivity index (χ0) is 13.7. The lowest BCUT2D eigenvalue weighted by Crippen LogP contribution is -2.30. The van der Waals surface area contributed by atoms with Crippen LogP contribution in [0.2, 0.25) is 5.02 Å². The van der Waals surface area contributed by atoms with Crippen molar-refractivity contribution in [1.82, 2.24) is 0 Å². The van der Waals surface area contributed by atoms with Gasteiger partial charge in [0, 0.05) is 32.3 Å². The van der Waals surface area contributed by atoms with Crippen LogP contribution < -0.4 is 20.7 Å². The third-order valence-corrected chi connectivity index (χ3v) is 3.59. The van der Waals surface area contributed by atoms with Gasteiger partial charge in [0.05, 0.1) is 23.0 Å². The van der Waals surface area contributed by atoms with Gasteiger partial charge in [0.15, 0.2) is 0 Å². The Morgan fingerprint density at radius 2 is 2.21 bits per heavy atom. The van der Waals surface area contributed by atoms with Crippen LogP contribution in [-0.2, 0) is 0 Å². The molecule has 0 bridgehead atoms. The number of likely N-dealkylation sites (N-methyl/N-ethyl adjacent to an activating group) is 1. The Bertz CT molecular complexity index is 425. The second-order valence-corrected chi connectivity index (χ2v) is 5.25. The van der Waals surface area contributed by atoms with Gasteiger partial charge < -0.3 is 20.7 Å². The molecule has 0 saturated carbocycles. The van der Waals surface area contributed by atoms with E-state index in [0.29, 0.717) is 6.61 Å². The number of fused-ring (bicyclic) bond motifs is 1. The fourth-order valence-corrected chi connectivity index (χ4v) is 2.62. The van der Waals surface area contributed by atoms with Gasteiger partial charge in [0.1, 0.15) is 5.75 Å². The molecule has 1 heterocycles. The van der Waals surface area contributed by atoms with Crippen molar-refractivity contribution in [1.29, 1.82) is 0 Å². The van der Waals surface area contributed by atoms with E-state index in [4.69, 9.17) is 22.1 Å². The number of halogens is 1. The highest BCUT2D eigenvalue weighted by Crippen LogP contribution is 2.39. The predicted octanol–water partition coefficient (Wildman–Crippen LogP) is 2.71. The predicted molar refractivity (Wildman–Crippen MR) is 81.6 cm³/mol. The fraction of sp³-hybridized carbons (Fsp3) is 0.571. The van der Waals surface area contributed by atoms with E-state index in [1.165, 1.54) is 0 Å². The molecule has 0 unspecified atom stereocenters. The molecule has 1 aromatic carbocycles. The van der Waals surface area contributed by atoms with E-state index in [0.717, 1.165) is 61.0 Å². The van der Waals surface area contributed by atoms with Crippen molar-refractivity contribution in [2.24, 2.45) is 5.73 Å². The van der Waals surface area contributed by atoms with Crippen LogP contribution in [0.1, 0.15) is 19.3 Å². The van der Waals surface area contributed by atoms with Crippen molar-refractivity contribution in [3.05, 3.63) is 17.2 Å². The Balaban J connectivity index is 1.97. The van der Waals surface area contributed by atoms with E-state index >= 15 is 0 Å². The molecule has 0 aromatic heterocycles. The van der Waals surface area contributed by atoms with Crippen molar-refractivity contribution < 1.29 is 4.74 Å². The molecular weight excluding hydrogens is 262 g/mol. The average molecular weight is 284 g/mol. The molecule has 3 N–H and O–H groups in total. The third-order valence-electron chi connectivity index (χ3n) is 3.30. The SMILES string of the molecule is CN1CCNc2cc(OCCCCCN)cc(Cl)c21. The summed E-state index contributed by atoms with van der Waals surface area (Å²) < 4.78 is 5.75. The van der Waals surface area contributed by atoms with Crippen LogP contribution in [0.3, 0.4) is 0 Å². The average Bonchev–Trinajstić information content (AvgIpc) is 2.38. The number of nitrogens with two attached hydrogens (primary N) is 1. The number of hydrogen-bond acceptors (Lipinski definition) is 4. The molecule has 5 heteroatoms. The fourth-order valence-electron chi connectivity index (χ4n) is 2.26. The Hall–Kier alpha value is -1.13. The van der Waals surface area contributed by atoms with E-state index in [9.17, 15) is 0 Å². The zero-order valence-electron chi connectivity index (χ0n) is 11.4. The minimum absolute atomic E-state index is 0.713. The van der Waals surface area contributed by atoms with Crippen molar-refractivity contribution in [3.63, 3.8) is 0 Å². The van der Waals surface area contributed by atoms with Gasteiger partial charge in [-0.2, -0.15) is 0 Å². The van der Waals surface area contributed by atoms with Crippen molar-refractivity contribution >= 4 is 23.0 Å². The number of anilines is 2. The summed E-state index contributed by atoms with van der Waals surface area (Å²) in [5, 5.41) is 4.10. The monoisotopic (exact) mass is 283 g/mol. The molecule has 0 aliphatic carbocycles. The molecule has 1 aromatic rings. The van der Waals surface area contributed by atoms with Crippen LogP contribution in [0.5, 0.6) is 5.75 Å². The van der Waals surface area contributed by atoms with Crippen molar-refractivity contribution in [3.8, 4) is 5.75 Å². The second-order valence-electron chi connectivity index (χ2n) is 4.85. The van der Waals surface area contributed by atoms with Gasteiger partial charge in [-0.25, -0.2) is 0 Å². The van der Waals surface area contributed by atoms with Gasteiger partial charge in [-0.1, -0.05) is 11.6 Å². The van der Waals surface area contributed by atoms with E-state index < -0.39 is 0 Å². The van der Waals surface area contributed by atoms with Crippen LogP contribution >= 0.6 is 11.6 Å². The minimum atomic E-state index is 0.713. The van der Waals surface area contributed by atoms with Crippen LogP contribution in [0.15, 0.2) is 12.1 Å². The molecular formula is C14H22ClN3O. The van der Waals surface area contributed by atoms with Crippen LogP contribution in [0.4, 0.5) is 11.4 Å². The number of hydrogen-bond donors (Lipinski definition) is 2. The number of nitrogens with zero attached hydrogens (tertiary/aromatic N) is 1. The summed E-state index contributed by atoms with van der Waals surface area (Å²) in [7, 11) is 2.05. The zero-order valence-corrected chi connectivity index (χ0v) is 12.2. The highest BCUT2D eigenvalue weighted by Gasteiger charge is 2.17. The lowest BCUT2D eigenvalue weighted by molar-refractivity contribution is 0.306. The number of rotatable bonds is 6. The summed E-state index contributed by atoms with van der Waals surface area (Å²) in [5.41, 5.74) is 7.57. The molecule has 106 valence electrons. The summed E-state index contributed by atoms with van der Waals surface area (Å²) in [6.45, 7) is 3.36. The van der Waals surface area contributed by atoms with Crippen LogP contribution in [0.25, 0.3) is 0 Å². The maximum atomic E-state index is 6.33. The first-order chi connectivity index (χ1) is 9.22. The second kappa shape index (κ2) is 6.87. The van der Waals surface area contributed by atoms with Crippen LogP contribution in [0, 0.1) is 0 Å². The lowest BCUT2D eigenvalue weighted by atomic mass is 10.2. The molecule has 4 nitrogen and oxygen atoms in total. The smallest absolute Gasteiger partial charge is 0.122 e. The van der Waals surface area contributed by atoms with Gasteiger partial charge in [-0.05, 0) is 25.8 Å². The van der Waals surface area contributed by atoms with Gasteiger partial charge in [-0.15, -0.1) is 0 Å². The van der Waals surface area contributed by atoms with E-state index in [1.54, 1.807) is 0 Å². The van der Waals surface area contributed by atoms with Crippen molar-refractivity contribution in [2.75, 3.05) is 43.5 Å². The summed E-state index contributed by atoms with van der Waals surface area (Å²) in [6, 6.07) is 3.92. The highest BCUT2D eigenvalue weighted by atomic mass is 35.5. The Labute approximate surface area is 119 Å². The first-order valence-electron chi connectivity index (χ1n) is 6.84. The van der Waals surface area contributed by atoms with Crippen LogP contribution in [-0.4, -0.2) is 33.3 Å². The topological polar surface area (TPSA) is 50.5 Å². The molecule has 0 spiro atoms. The largest absolute Gasteiger partial charge is 0.493 e. The molecule has 1 aliphatic rings. The number of benzene rings is 1. The van der Waals surface area contributed by atoms with Gasteiger partial charge in [0.2, 0.25) is 0 Å². The lowest BCUT2D eigenvalue weighted by Gasteiger charge is -2.29. The molecule has 0 amide bonds. The number of unbranched alkanes of at least 4 members (excludes halogenated alkanes) is 2. The Kier molecular flexibility index (Phi) is 5.16. The molecule has 0 saturated heterocycles. The maximum Gasteiger partial charge on any atom is 0.122 e. The van der Waals surface area contributed by atoms with E-state index in [-0.39, 0.29) is 0 Å². The highest BCUT2D eigenvalue weighted by molar-refractivity contribution is 6.34. The first-order valence-corrected chi connectivity index (χ1v) is 7.21. The van der Waals surface area contributed by atoms with E-state index in [1.807, 2.05) is 12.1 Å². The summed E-state index contributed by atoms with van der Waals surface area (Å²) in [6.07, 6.45) is 3.19. The summed E-state index contributed by atoms with van der Waals surface area (Å²) in [4.78, 5) is 2.17. The third kappa shape index (κ3) is 3.67. The van der Waals surface area contributed by atoms with Gasteiger partial charge in [-0.3, -0.25) is 0 Å².